The smallest absolute Gasteiger partial charge is 0.118 e. The second-order valence-electron chi connectivity index (χ2n) is 2.77. The van der Waals surface area contributed by atoms with Gasteiger partial charge < -0.3 is 4.74 Å². The van der Waals surface area contributed by atoms with Gasteiger partial charge in [0.1, 0.15) is 5.75 Å². The van der Waals surface area contributed by atoms with E-state index in [2.05, 4.69) is 0 Å². The van der Waals surface area contributed by atoms with Crippen molar-refractivity contribution in [3.8, 4) is 5.75 Å². The third kappa shape index (κ3) is 4.87. The Morgan fingerprint density at radius 2 is 1.60 bits per heavy atom. The van der Waals surface area contributed by atoms with E-state index < -0.39 is 0 Å². The van der Waals surface area contributed by atoms with Crippen LogP contribution < -0.4 is 4.74 Å². The highest BCUT2D eigenvalue weighted by molar-refractivity contribution is 5.20. The van der Waals surface area contributed by atoms with Crippen LogP contribution in [0.25, 0.3) is 0 Å². The number of ether oxygens (including phenoxy) is 1. The van der Waals surface area contributed by atoms with Crippen LogP contribution in [0.1, 0.15) is 12.4 Å². The fourth-order valence-electron chi connectivity index (χ4n) is 0.869. The molecule has 0 heterocycles. The van der Waals surface area contributed by atoms with Crippen molar-refractivity contribution in [2.24, 2.45) is 0 Å². The van der Waals surface area contributed by atoms with Crippen molar-refractivity contribution in [2.75, 3.05) is 7.11 Å². The van der Waals surface area contributed by atoms with Crippen LogP contribution in [0.5, 0.6) is 5.75 Å². The molecular weight excluding hydrogens is 184 g/mol. The molecule has 2 aromatic carbocycles. The largest absolute Gasteiger partial charge is 0.497 e. The predicted molar refractivity (Wildman–Crippen MR) is 64.2 cm³/mol. The first-order valence-electron chi connectivity index (χ1n) is 7.02. The lowest BCUT2D eigenvalue weighted by Crippen LogP contribution is -1.78. The molecule has 0 amide bonds. The fourth-order valence-corrected chi connectivity index (χ4v) is 0.869. The van der Waals surface area contributed by atoms with Crippen LogP contribution in [0, 0.1) is 6.92 Å². The summed E-state index contributed by atoms with van der Waals surface area (Å²) in [5.41, 5.74) is 0.293. The van der Waals surface area contributed by atoms with E-state index in [9.17, 15) is 0 Å². The Kier molecular flexibility index (Phi) is 2.65. The van der Waals surface area contributed by atoms with Gasteiger partial charge in [0.25, 0.3) is 0 Å². The molecule has 0 saturated heterocycles. The number of methoxy groups -OCH3 is 1. The number of benzene rings is 2. The minimum absolute atomic E-state index is 0.124. The molecule has 0 radical (unpaired) electrons. The van der Waals surface area contributed by atoms with Crippen LogP contribution in [-0.2, 0) is 0 Å². The van der Waals surface area contributed by atoms with Crippen LogP contribution in [0.3, 0.4) is 0 Å². The van der Waals surface area contributed by atoms with Gasteiger partial charge in [-0.05, 0) is 19.1 Å². The fraction of sp³-hybridized carbons (Fsp3) is 0.143. The Labute approximate surface area is 98.4 Å². The van der Waals surface area contributed by atoms with Gasteiger partial charge in [-0.3, -0.25) is 0 Å². The zero-order chi connectivity index (χ0) is 15.3. The topological polar surface area (TPSA) is 9.23 Å². The van der Waals surface area contributed by atoms with Crippen molar-refractivity contribution >= 4 is 0 Å². The summed E-state index contributed by atoms with van der Waals surface area (Å²) < 4.78 is 41.2. The Bertz CT molecular complexity index is 479. The first-order valence-corrected chi connectivity index (χ1v) is 4.52. The van der Waals surface area contributed by atoms with Gasteiger partial charge in [-0.2, -0.15) is 0 Å². The van der Waals surface area contributed by atoms with Gasteiger partial charge in [0.15, 0.2) is 0 Å². The number of hydrogen-bond donors (Lipinski definition) is 0. The number of para-hydroxylation sites is 1. The van der Waals surface area contributed by atoms with E-state index >= 15 is 0 Å². The Morgan fingerprint density at radius 1 is 1.00 bits per heavy atom. The first-order chi connectivity index (χ1) is 9.40. The molecule has 0 fully saturated rings. The average molecular weight is 205 g/mol. The maximum atomic E-state index is 7.31. The monoisotopic (exact) mass is 205 g/mol. The van der Waals surface area contributed by atoms with E-state index in [-0.39, 0.29) is 30.2 Å². The summed E-state index contributed by atoms with van der Waals surface area (Å²) in [4.78, 5) is 0. The Hall–Kier alpha value is -1.76. The predicted octanol–water partition coefficient (Wildman–Crippen LogP) is 3.69. The average Bonchev–Trinajstić information content (AvgIpc) is 2.50. The molecule has 15 heavy (non-hydrogen) atoms. The van der Waals surface area contributed by atoms with Crippen molar-refractivity contribution in [3.63, 3.8) is 0 Å². The minimum Gasteiger partial charge on any atom is -0.497 e. The summed E-state index contributed by atoms with van der Waals surface area (Å²) in [5, 5.41) is 0. The molecule has 0 atom stereocenters. The highest BCUT2D eigenvalue weighted by Crippen LogP contribution is 2.05. The van der Waals surface area contributed by atoms with E-state index in [1.54, 1.807) is 7.11 Å². The summed E-state index contributed by atoms with van der Waals surface area (Å²) in [6, 6.07) is 8.56. The van der Waals surface area contributed by atoms with Gasteiger partial charge in [-0.25, -0.2) is 0 Å². The lowest BCUT2D eigenvalue weighted by molar-refractivity contribution is 0.415. The standard InChI is InChI=1S/C7H8O.C7H8/c1-8-7-5-3-2-4-6-7;1-7-5-3-2-4-6-7/h2-6H,1H3;2-6H,1H3/i;2D,3D,4D,5D,6D. The minimum atomic E-state index is -0.337. The van der Waals surface area contributed by atoms with Crippen molar-refractivity contribution in [1.82, 2.24) is 0 Å². The molecule has 0 aliphatic rings. The molecule has 0 spiro atoms. The van der Waals surface area contributed by atoms with Crippen LogP contribution in [-0.4, -0.2) is 7.11 Å². The maximum Gasteiger partial charge on any atom is 0.118 e. The van der Waals surface area contributed by atoms with E-state index in [4.69, 9.17) is 11.6 Å². The molecular formula is C14H16O. The number of hydrogen-bond acceptors (Lipinski definition) is 1. The molecule has 0 unspecified atom stereocenters. The molecule has 2 aromatic rings. The lowest BCUT2D eigenvalue weighted by atomic mass is 10.2. The quantitative estimate of drug-likeness (QED) is 0.690. The summed E-state index contributed by atoms with van der Waals surface area (Å²) in [6.45, 7) is 1.51. The first kappa shape index (κ1) is 5.96. The molecule has 0 saturated carbocycles. The van der Waals surface area contributed by atoms with Gasteiger partial charge in [-0.15, -0.1) is 0 Å². The SMILES string of the molecule is COc1ccccc1.[2H]c1c([2H])c([2H])c(C)c([2H])c1[2H]. The molecule has 1 heteroatoms. The van der Waals surface area contributed by atoms with Crippen molar-refractivity contribution in [2.45, 2.75) is 6.92 Å². The molecule has 78 valence electrons. The van der Waals surface area contributed by atoms with Crippen molar-refractivity contribution < 1.29 is 11.6 Å². The summed E-state index contributed by atoms with van der Waals surface area (Å²) in [6.07, 6.45) is 0. The molecule has 0 aliphatic carbocycles. The van der Waals surface area contributed by atoms with E-state index in [1.807, 2.05) is 30.3 Å². The van der Waals surface area contributed by atoms with Crippen molar-refractivity contribution in [1.29, 1.82) is 0 Å². The van der Waals surface area contributed by atoms with Crippen molar-refractivity contribution in [3.05, 3.63) is 66.1 Å². The number of rotatable bonds is 1. The van der Waals surface area contributed by atoms with E-state index in [1.165, 1.54) is 6.92 Å². The molecule has 1 nitrogen and oxygen atoms in total. The summed E-state index contributed by atoms with van der Waals surface area (Å²) in [7, 11) is 1.66. The maximum absolute atomic E-state index is 7.31. The molecule has 2 rings (SSSR count). The van der Waals surface area contributed by atoms with Gasteiger partial charge >= 0.3 is 0 Å². The highest BCUT2D eigenvalue weighted by atomic mass is 16.5. The lowest BCUT2D eigenvalue weighted by Gasteiger charge is -1.93. The summed E-state index contributed by atoms with van der Waals surface area (Å²) in [5.74, 6) is 0.910. The van der Waals surface area contributed by atoms with Gasteiger partial charge in [0.2, 0.25) is 0 Å². The zero-order valence-corrected chi connectivity index (χ0v) is 8.79. The normalized spacial score (nSPS) is 13.3. The Morgan fingerprint density at radius 3 is 2.07 bits per heavy atom. The molecule has 0 aromatic heterocycles. The van der Waals surface area contributed by atoms with Crippen LogP contribution in [0.15, 0.2) is 60.5 Å². The second-order valence-corrected chi connectivity index (χ2v) is 2.77. The van der Waals surface area contributed by atoms with Crippen LogP contribution in [0.2, 0.25) is 0 Å². The van der Waals surface area contributed by atoms with Crippen LogP contribution >= 0.6 is 0 Å². The molecule has 0 bridgehead atoms. The third-order valence-corrected chi connectivity index (χ3v) is 1.60. The molecule has 0 aliphatic heterocycles. The highest BCUT2D eigenvalue weighted by Gasteiger charge is 1.80. The third-order valence-electron chi connectivity index (χ3n) is 1.60. The van der Waals surface area contributed by atoms with Gasteiger partial charge in [0, 0.05) is 0 Å². The zero-order valence-electron chi connectivity index (χ0n) is 13.8. The Balaban J connectivity index is 0.000000217. The second kappa shape index (κ2) is 6.66. The van der Waals surface area contributed by atoms with E-state index in [0.29, 0.717) is 5.56 Å². The van der Waals surface area contributed by atoms with Gasteiger partial charge in [0.05, 0.1) is 14.0 Å². The summed E-state index contributed by atoms with van der Waals surface area (Å²) >= 11 is 0. The van der Waals surface area contributed by atoms with Gasteiger partial charge in [-0.1, -0.05) is 54.0 Å². The molecule has 0 N–H and O–H groups in total. The van der Waals surface area contributed by atoms with E-state index in [0.717, 1.165) is 5.75 Å². The van der Waals surface area contributed by atoms with Crippen LogP contribution in [0.4, 0.5) is 0 Å².